The largest absolute Gasteiger partial charge is 0.464 e. The van der Waals surface area contributed by atoms with Gasteiger partial charge in [-0.15, -0.1) is 0 Å². The molecule has 0 unspecified atom stereocenters. The summed E-state index contributed by atoms with van der Waals surface area (Å²) in [6, 6.07) is 0. The second-order valence-corrected chi connectivity index (χ2v) is 3.29. The van der Waals surface area contributed by atoms with Crippen LogP contribution >= 0.6 is 0 Å². The first-order valence-corrected chi connectivity index (χ1v) is 4.53. The Hall–Kier alpha value is -1.32. The summed E-state index contributed by atoms with van der Waals surface area (Å²) in [5.74, 6) is -0.551. The van der Waals surface area contributed by atoms with Crippen LogP contribution in [-0.4, -0.2) is 37.0 Å². The number of ether oxygens (including phenoxy) is 1. The van der Waals surface area contributed by atoms with Crippen molar-refractivity contribution in [2.75, 3.05) is 20.2 Å². The fourth-order valence-corrected chi connectivity index (χ4v) is 0.716. The molecule has 1 amide bonds. The second-order valence-electron chi connectivity index (χ2n) is 3.29. The topological polar surface area (TPSA) is 46.6 Å². The van der Waals surface area contributed by atoms with Crippen LogP contribution < -0.4 is 0 Å². The molecule has 0 aromatic rings. The Labute approximate surface area is 84.5 Å². The summed E-state index contributed by atoms with van der Waals surface area (Å²) >= 11 is 0. The zero-order valence-electron chi connectivity index (χ0n) is 8.95. The molecule has 14 heavy (non-hydrogen) atoms. The van der Waals surface area contributed by atoms with Crippen molar-refractivity contribution < 1.29 is 14.3 Å². The molecule has 0 aromatic carbocycles. The molecule has 0 fully saturated rings. The van der Waals surface area contributed by atoms with Gasteiger partial charge in [-0.3, -0.25) is 9.59 Å². The molecule has 0 aromatic heterocycles. The Morgan fingerprint density at radius 3 is 2.50 bits per heavy atom. The van der Waals surface area contributed by atoms with Gasteiger partial charge in [-0.2, -0.15) is 0 Å². The van der Waals surface area contributed by atoms with E-state index in [1.165, 1.54) is 11.0 Å². The summed E-state index contributed by atoms with van der Waals surface area (Å²) in [6.07, 6.45) is 1.23. The number of carbonyl (C=O) groups excluding carboxylic acids is 2. The van der Waals surface area contributed by atoms with Crippen molar-refractivity contribution in [2.24, 2.45) is 5.92 Å². The molecule has 0 aliphatic rings. The monoisotopic (exact) mass is 199 g/mol. The van der Waals surface area contributed by atoms with Crippen molar-refractivity contribution in [3.05, 3.63) is 12.7 Å². The van der Waals surface area contributed by atoms with Crippen molar-refractivity contribution in [1.82, 2.24) is 4.90 Å². The van der Waals surface area contributed by atoms with E-state index in [2.05, 4.69) is 6.58 Å². The van der Waals surface area contributed by atoms with E-state index >= 15 is 0 Å². The summed E-state index contributed by atoms with van der Waals surface area (Å²) < 4.78 is 4.90. The number of hydrogen-bond acceptors (Lipinski definition) is 3. The van der Waals surface area contributed by atoms with Crippen LogP contribution in [0.15, 0.2) is 12.7 Å². The van der Waals surface area contributed by atoms with Crippen molar-refractivity contribution in [1.29, 1.82) is 0 Å². The van der Waals surface area contributed by atoms with Gasteiger partial charge < -0.3 is 9.64 Å². The predicted octanol–water partition coefficient (Wildman–Crippen LogP) is 0.830. The van der Waals surface area contributed by atoms with Gasteiger partial charge in [-0.05, 0) is 6.08 Å². The fourth-order valence-electron chi connectivity index (χ4n) is 0.716. The highest BCUT2D eigenvalue weighted by molar-refractivity contribution is 5.86. The van der Waals surface area contributed by atoms with Crippen LogP contribution in [0.4, 0.5) is 0 Å². The third-order valence-electron chi connectivity index (χ3n) is 1.69. The fraction of sp³-hybridized carbons (Fsp3) is 0.600. The molecular weight excluding hydrogens is 182 g/mol. The lowest BCUT2D eigenvalue weighted by molar-refractivity contribution is -0.148. The molecule has 80 valence electrons. The molecule has 0 aliphatic carbocycles. The van der Waals surface area contributed by atoms with Gasteiger partial charge in [0.25, 0.3) is 0 Å². The molecule has 0 saturated heterocycles. The van der Waals surface area contributed by atoms with Crippen LogP contribution in [0.3, 0.4) is 0 Å². The van der Waals surface area contributed by atoms with E-state index in [1.54, 1.807) is 20.9 Å². The van der Waals surface area contributed by atoms with Gasteiger partial charge in [0, 0.05) is 7.05 Å². The Kier molecular flexibility index (Phi) is 5.60. The number of rotatable bonds is 5. The first-order chi connectivity index (χ1) is 6.49. The SMILES string of the molecule is C=CC(=O)N(C)CCOC(=O)C(C)C. The van der Waals surface area contributed by atoms with Gasteiger partial charge in [0.2, 0.25) is 5.91 Å². The number of hydrogen-bond donors (Lipinski definition) is 0. The number of carbonyl (C=O) groups is 2. The average Bonchev–Trinajstić information content (AvgIpc) is 2.15. The molecule has 0 spiro atoms. The molecular formula is C10H17NO3. The van der Waals surface area contributed by atoms with Crippen LogP contribution in [0, 0.1) is 5.92 Å². The van der Waals surface area contributed by atoms with E-state index in [4.69, 9.17) is 4.74 Å². The maximum absolute atomic E-state index is 11.0. The van der Waals surface area contributed by atoms with E-state index in [1.807, 2.05) is 0 Å². The maximum atomic E-state index is 11.0. The quantitative estimate of drug-likeness (QED) is 0.486. The smallest absolute Gasteiger partial charge is 0.308 e. The minimum Gasteiger partial charge on any atom is -0.464 e. The zero-order chi connectivity index (χ0) is 11.1. The molecule has 0 atom stereocenters. The highest BCUT2D eigenvalue weighted by atomic mass is 16.5. The van der Waals surface area contributed by atoms with Gasteiger partial charge >= 0.3 is 5.97 Å². The lowest BCUT2D eigenvalue weighted by Gasteiger charge is -2.15. The number of amides is 1. The number of nitrogens with zero attached hydrogens (tertiary/aromatic N) is 1. The van der Waals surface area contributed by atoms with E-state index < -0.39 is 0 Å². The maximum Gasteiger partial charge on any atom is 0.308 e. The van der Waals surface area contributed by atoms with E-state index in [-0.39, 0.29) is 24.4 Å². The normalized spacial score (nSPS) is 9.71. The van der Waals surface area contributed by atoms with Crippen molar-refractivity contribution in [2.45, 2.75) is 13.8 Å². The minimum atomic E-state index is -0.246. The van der Waals surface area contributed by atoms with Crippen LogP contribution in [0.5, 0.6) is 0 Å². The summed E-state index contributed by atoms with van der Waals surface area (Å²) in [4.78, 5) is 23.5. The van der Waals surface area contributed by atoms with E-state index in [9.17, 15) is 9.59 Å². The highest BCUT2D eigenvalue weighted by Crippen LogP contribution is 1.96. The lowest BCUT2D eigenvalue weighted by atomic mass is 10.2. The second kappa shape index (κ2) is 6.18. The number of likely N-dealkylation sites (N-methyl/N-ethyl adjacent to an activating group) is 1. The van der Waals surface area contributed by atoms with Gasteiger partial charge in [-0.1, -0.05) is 20.4 Å². The third kappa shape index (κ3) is 4.64. The molecule has 0 bridgehead atoms. The zero-order valence-corrected chi connectivity index (χ0v) is 8.95. The Morgan fingerprint density at radius 2 is 2.07 bits per heavy atom. The van der Waals surface area contributed by atoms with Gasteiger partial charge in [0.05, 0.1) is 12.5 Å². The Morgan fingerprint density at radius 1 is 1.50 bits per heavy atom. The minimum absolute atomic E-state index is 0.129. The van der Waals surface area contributed by atoms with Gasteiger partial charge in [-0.25, -0.2) is 0 Å². The van der Waals surface area contributed by atoms with Gasteiger partial charge in [0.15, 0.2) is 0 Å². The summed E-state index contributed by atoms with van der Waals surface area (Å²) in [5, 5.41) is 0. The van der Waals surface area contributed by atoms with Crippen LogP contribution in [0.2, 0.25) is 0 Å². The molecule has 0 heterocycles. The summed E-state index contributed by atoms with van der Waals surface area (Å²) in [6.45, 7) is 7.51. The van der Waals surface area contributed by atoms with Gasteiger partial charge in [0.1, 0.15) is 6.61 Å². The lowest BCUT2D eigenvalue weighted by Crippen LogP contribution is -2.29. The standard InChI is InChI=1S/C10H17NO3/c1-5-9(12)11(4)6-7-14-10(13)8(2)3/h5,8H,1,6-7H2,2-4H3. The molecule has 0 rings (SSSR count). The molecule has 0 aliphatic heterocycles. The third-order valence-corrected chi connectivity index (χ3v) is 1.69. The first-order valence-electron chi connectivity index (χ1n) is 4.53. The average molecular weight is 199 g/mol. The summed E-state index contributed by atoms with van der Waals surface area (Å²) in [7, 11) is 1.63. The van der Waals surface area contributed by atoms with Crippen molar-refractivity contribution >= 4 is 11.9 Å². The summed E-state index contributed by atoms with van der Waals surface area (Å²) in [5.41, 5.74) is 0. The van der Waals surface area contributed by atoms with Crippen LogP contribution in [0.1, 0.15) is 13.8 Å². The van der Waals surface area contributed by atoms with Crippen molar-refractivity contribution in [3.63, 3.8) is 0 Å². The highest BCUT2D eigenvalue weighted by Gasteiger charge is 2.09. The first kappa shape index (κ1) is 12.7. The molecule has 0 saturated carbocycles. The Balaban J connectivity index is 3.69. The van der Waals surface area contributed by atoms with E-state index in [0.29, 0.717) is 6.54 Å². The Bertz CT molecular complexity index is 223. The van der Waals surface area contributed by atoms with Crippen molar-refractivity contribution in [3.8, 4) is 0 Å². The number of esters is 1. The van der Waals surface area contributed by atoms with Crippen LogP contribution in [0.25, 0.3) is 0 Å². The molecule has 0 radical (unpaired) electrons. The predicted molar refractivity (Wildman–Crippen MR) is 53.6 cm³/mol. The molecule has 4 nitrogen and oxygen atoms in total. The van der Waals surface area contributed by atoms with Crippen LogP contribution in [-0.2, 0) is 14.3 Å². The van der Waals surface area contributed by atoms with E-state index in [0.717, 1.165) is 0 Å². The molecule has 0 N–H and O–H groups in total. The molecule has 4 heteroatoms.